The number of allylic oxidation sites excluding steroid dienone is 2. The van der Waals surface area contributed by atoms with Gasteiger partial charge >= 0.3 is 0 Å². The molecule has 0 heterocycles. The van der Waals surface area contributed by atoms with Crippen LogP contribution in [0, 0.1) is 0 Å². The SMILES string of the molecule is CCCCCOc1ccc2c(c1)CCC(c1ccccc1)=C2C(=O)c1ccc(OCCN(C)C)cc1. The van der Waals surface area contributed by atoms with Gasteiger partial charge in [0.2, 0.25) is 0 Å². The molecule has 188 valence electrons. The van der Waals surface area contributed by atoms with Gasteiger partial charge in [0.25, 0.3) is 0 Å². The number of rotatable bonds is 12. The van der Waals surface area contributed by atoms with E-state index in [0.29, 0.717) is 12.2 Å². The van der Waals surface area contributed by atoms with Gasteiger partial charge in [0.1, 0.15) is 18.1 Å². The molecule has 0 atom stereocenters. The second-order valence-electron chi connectivity index (χ2n) is 9.60. The first-order chi connectivity index (χ1) is 17.6. The normalized spacial score (nSPS) is 13.0. The summed E-state index contributed by atoms with van der Waals surface area (Å²) in [6.45, 7) is 4.38. The van der Waals surface area contributed by atoms with Crippen LogP contribution in [0.3, 0.4) is 0 Å². The van der Waals surface area contributed by atoms with Gasteiger partial charge in [-0.25, -0.2) is 0 Å². The summed E-state index contributed by atoms with van der Waals surface area (Å²) in [5, 5.41) is 0. The number of ether oxygens (including phenoxy) is 2. The average molecular weight is 484 g/mol. The van der Waals surface area contributed by atoms with Crippen LogP contribution >= 0.6 is 0 Å². The second kappa shape index (κ2) is 12.5. The molecule has 0 unspecified atom stereocenters. The molecule has 4 heteroatoms. The van der Waals surface area contributed by atoms with Gasteiger partial charge in [0.05, 0.1) is 6.61 Å². The van der Waals surface area contributed by atoms with Crippen LogP contribution in [0.1, 0.15) is 59.7 Å². The third kappa shape index (κ3) is 6.44. The topological polar surface area (TPSA) is 38.8 Å². The molecule has 0 aromatic heterocycles. The van der Waals surface area contributed by atoms with Gasteiger partial charge in [-0.05, 0) is 92.0 Å². The largest absolute Gasteiger partial charge is 0.494 e. The quantitative estimate of drug-likeness (QED) is 0.207. The molecular weight excluding hydrogens is 446 g/mol. The zero-order chi connectivity index (χ0) is 25.3. The molecule has 0 spiro atoms. The van der Waals surface area contributed by atoms with Crippen molar-refractivity contribution >= 4 is 16.9 Å². The van der Waals surface area contributed by atoms with Crippen LogP contribution in [-0.2, 0) is 6.42 Å². The monoisotopic (exact) mass is 483 g/mol. The molecular formula is C32H37NO3. The molecule has 0 saturated carbocycles. The molecule has 0 amide bonds. The zero-order valence-electron chi connectivity index (χ0n) is 21.8. The molecule has 3 aromatic carbocycles. The Morgan fingerprint density at radius 3 is 2.28 bits per heavy atom. The minimum Gasteiger partial charge on any atom is -0.494 e. The smallest absolute Gasteiger partial charge is 0.193 e. The Kier molecular flexibility index (Phi) is 8.96. The minimum absolute atomic E-state index is 0.0475. The second-order valence-corrected chi connectivity index (χ2v) is 9.60. The van der Waals surface area contributed by atoms with E-state index < -0.39 is 0 Å². The summed E-state index contributed by atoms with van der Waals surface area (Å²) >= 11 is 0. The van der Waals surface area contributed by atoms with E-state index in [4.69, 9.17) is 9.47 Å². The van der Waals surface area contributed by atoms with Gasteiger partial charge in [0.15, 0.2) is 5.78 Å². The number of fused-ring (bicyclic) bond motifs is 1. The van der Waals surface area contributed by atoms with Crippen molar-refractivity contribution in [2.45, 2.75) is 39.0 Å². The first-order valence-electron chi connectivity index (χ1n) is 13.0. The predicted octanol–water partition coefficient (Wildman–Crippen LogP) is 6.94. The lowest BCUT2D eigenvalue weighted by molar-refractivity contribution is 0.105. The van der Waals surface area contributed by atoms with Crippen molar-refractivity contribution in [1.29, 1.82) is 0 Å². The third-order valence-electron chi connectivity index (χ3n) is 6.58. The van der Waals surface area contributed by atoms with Crippen molar-refractivity contribution in [2.24, 2.45) is 0 Å². The van der Waals surface area contributed by atoms with E-state index in [2.05, 4.69) is 36.1 Å². The number of carbonyl (C=O) groups is 1. The highest BCUT2D eigenvalue weighted by atomic mass is 16.5. The number of ketones is 1. The molecule has 0 saturated heterocycles. The first kappa shape index (κ1) is 25.7. The molecule has 1 aliphatic rings. The fourth-order valence-corrected chi connectivity index (χ4v) is 4.58. The molecule has 0 aliphatic heterocycles. The summed E-state index contributed by atoms with van der Waals surface area (Å²) in [7, 11) is 4.04. The van der Waals surface area contributed by atoms with Gasteiger partial charge in [-0.15, -0.1) is 0 Å². The Bertz CT molecular complexity index is 1180. The fourth-order valence-electron chi connectivity index (χ4n) is 4.58. The number of aryl methyl sites for hydroxylation is 1. The third-order valence-corrected chi connectivity index (χ3v) is 6.58. The van der Waals surface area contributed by atoms with E-state index in [1.54, 1.807) is 0 Å². The van der Waals surface area contributed by atoms with Crippen molar-refractivity contribution < 1.29 is 14.3 Å². The lowest BCUT2D eigenvalue weighted by atomic mass is 9.79. The van der Waals surface area contributed by atoms with E-state index in [1.165, 1.54) is 18.4 Å². The van der Waals surface area contributed by atoms with Gasteiger partial charge in [-0.1, -0.05) is 56.2 Å². The van der Waals surface area contributed by atoms with Crippen LogP contribution in [0.25, 0.3) is 11.1 Å². The lowest BCUT2D eigenvalue weighted by Crippen LogP contribution is -2.19. The van der Waals surface area contributed by atoms with E-state index in [9.17, 15) is 4.79 Å². The Labute approximate surface area is 215 Å². The van der Waals surface area contributed by atoms with Crippen molar-refractivity contribution in [2.75, 3.05) is 33.9 Å². The summed E-state index contributed by atoms with van der Waals surface area (Å²) in [5.41, 5.74) is 5.87. The van der Waals surface area contributed by atoms with E-state index in [0.717, 1.165) is 66.2 Å². The average Bonchev–Trinajstić information content (AvgIpc) is 2.90. The Hall–Kier alpha value is -3.37. The first-order valence-corrected chi connectivity index (χ1v) is 13.0. The molecule has 4 rings (SSSR count). The summed E-state index contributed by atoms with van der Waals surface area (Å²) in [4.78, 5) is 16.0. The molecule has 0 fully saturated rings. The number of Topliss-reactive ketones (excluding diaryl/α,β-unsaturated/α-hetero) is 1. The fraction of sp³-hybridized carbons (Fsp3) is 0.344. The van der Waals surface area contributed by atoms with Gasteiger partial charge < -0.3 is 14.4 Å². The number of unbranched alkanes of at least 4 members (excludes halogenated alkanes) is 2. The van der Waals surface area contributed by atoms with Crippen molar-refractivity contribution in [3.63, 3.8) is 0 Å². The Balaban J connectivity index is 1.63. The van der Waals surface area contributed by atoms with E-state index >= 15 is 0 Å². The summed E-state index contributed by atoms with van der Waals surface area (Å²) < 4.78 is 11.8. The minimum atomic E-state index is 0.0475. The highest BCUT2D eigenvalue weighted by molar-refractivity contribution is 6.35. The van der Waals surface area contributed by atoms with Crippen LogP contribution in [0.5, 0.6) is 11.5 Å². The lowest BCUT2D eigenvalue weighted by Gasteiger charge is -2.24. The maximum atomic E-state index is 14.0. The van der Waals surface area contributed by atoms with Gasteiger partial charge in [-0.3, -0.25) is 4.79 Å². The number of nitrogens with zero attached hydrogens (tertiary/aromatic N) is 1. The van der Waals surface area contributed by atoms with Crippen LogP contribution < -0.4 is 9.47 Å². The maximum absolute atomic E-state index is 14.0. The number of likely N-dealkylation sites (N-methyl/N-ethyl adjacent to an activating group) is 1. The zero-order valence-corrected chi connectivity index (χ0v) is 21.8. The van der Waals surface area contributed by atoms with Crippen LogP contribution in [-0.4, -0.2) is 44.5 Å². The molecule has 0 bridgehead atoms. The Morgan fingerprint density at radius 1 is 0.833 bits per heavy atom. The van der Waals surface area contributed by atoms with Crippen molar-refractivity contribution in [3.05, 3.63) is 95.1 Å². The number of carbonyl (C=O) groups excluding carboxylic acids is 1. The predicted molar refractivity (Wildman–Crippen MR) is 148 cm³/mol. The summed E-state index contributed by atoms with van der Waals surface area (Å²) in [6, 6.07) is 24.0. The highest BCUT2D eigenvalue weighted by Crippen LogP contribution is 2.40. The van der Waals surface area contributed by atoms with Gasteiger partial charge in [-0.2, -0.15) is 0 Å². The molecule has 36 heavy (non-hydrogen) atoms. The maximum Gasteiger partial charge on any atom is 0.193 e. The summed E-state index contributed by atoms with van der Waals surface area (Å²) in [5.74, 6) is 1.71. The van der Waals surface area contributed by atoms with Crippen LogP contribution in [0.4, 0.5) is 0 Å². The molecule has 4 nitrogen and oxygen atoms in total. The van der Waals surface area contributed by atoms with Crippen LogP contribution in [0.2, 0.25) is 0 Å². The van der Waals surface area contributed by atoms with E-state index in [-0.39, 0.29) is 5.78 Å². The van der Waals surface area contributed by atoms with E-state index in [1.807, 2.05) is 62.6 Å². The molecule has 0 N–H and O–H groups in total. The molecule has 3 aromatic rings. The van der Waals surface area contributed by atoms with Crippen molar-refractivity contribution in [3.8, 4) is 11.5 Å². The molecule has 0 radical (unpaired) electrons. The summed E-state index contributed by atoms with van der Waals surface area (Å²) in [6.07, 6.45) is 5.12. The number of hydrogen-bond acceptors (Lipinski definition) is 4. The Morgan fingerprint density at radius 2 is 1.56 bits per heavy atom. The van der Waals surface area contributed by atoms with Crippen LogP contribution in [0.15, 0.2) is 72.8 Å². The van der Waals surface area contributed by atoms with Crippen molar-refractivity contribution in [1.82, 2.24) is 4.90 Å². The number of benzene rings is 3. The molecule has 1 aliphatic carbocycles. The van der Waals surface area contributed by atoms with Gasteiger partial charge in [0, 0.05) is 17.7 Å². The highest BCUT2D eigenvalue weighted by Gasteiger charge is 2.26. The number of hydrogen-bond donors (Lipinski definition) is 0. The standard InChI is InChI=1S/C32H37NO3/c1-4-5-9-21-35-28-17-19-30-26(23-28)14-18-29(24-10-7-6-8-11-24)31(30)32(34)25-12-15-27(16-13-25)36-22-20-33(2)3/h6-8,10-13,15-17,19,23H,4-5,9,14,18,20-22H2,1-3H3.